The van der Waals surface area contributed by atoms with Crippen molar-refractivity contribution in [1.29, 1.82) is 0 Å². The monoisotopic (exact) mass is 335 g/mol. The molecule has 0 saturated carbocycles. The molecule has 24 heavy (non-hydrogen) atoms. The van der Waals surface area contributed by atoms with Gasteiger partial charge < -0.3 is 14.8 Å². The van der Waals surface area contributed by atoms with Crippen LogP contribution in [0.4, 0.5) is 0 Å². The van der Waals surface area contributed by atoms with Crippen molar-refractivity contribution >= 4 is 5.97 Å². The first-order chi connectivity index (χ1) is 11.4. The Hall–Kier alpha value is -1.40. The maximum Gasteiger partial charge on any atom is 0.342 e. The highest BCUT2D eigenvalue weighted by Gasteiger charge is 2.30. The summed E-state index contributed by atoms with van der Waals surface area (Å²) in [5, 5.41) is 8.24. The minimum atomic E-state index is -0.501. The molecule has 2 aliphatic heterocycles. The zero-order valence-electron chi connectivity index (χ0n) is 15.0. The lowest BCUT2D eigenvalue weighted by Gasteiger charge is -2.24. The van der Waals surface area contributed by atoms with Crippen LogP contribution in [0.25, 0.3) is 0 Å². The Labute approximate surface area is 143 Å². The number of nitrogens with zero attached hydrogens (tertiary/aromatic N) is 2. The van der Waals surface area contributed by atoms with Gasteiger partial charge in [-0.15, -0.1) is 0 Å². The molecule has 2 fully saturated rings. The molecular formula is C18H29N3O3. The Morgan fingerprint density at radius 1 is 1.33 bits per heavy atom. The SMILES string of the molecule is CC(C)(C)OC(=O)c1cn([C@H]2CCCNC2)nc1C1CCOCC1. The van der Waals surface area contributed by atoms with Crippen molar-refractivity contribution in [3.05, 3.63) is 17.5 Å². The Kier molecular flexibility index (Phi) is 5.25. The van der Waals surface area contributed by atoms with Crippen LogP contribution in [0.1, 0.15) is 74.5 Å². The third-order valence-corrected chi connectivity index (χ3v) is 4.63. The molecular weight excluding hydrogens is 306 g/mol. The Morgan fingerprint density at radius 3 is 2.71 bits per heavy atom. The summed E-state index contributed by atoms with van der Waals surface area (Å²) in [5.74, 6) is 0.0121. The molecule has 6 nitrogen and oxygen atoms in total. The molecule has 1 aromatic heterocycles. The highest BCUT2D eigenvalue weighted by Crippen LogP contribution is 2.31. The number of nitrogens with one attached hydrogen (secondary N) is 1. The van der Waals surface area contributed by atoms with Gasteiger partial charge in [0.25, 0.3) is 0 Å². The highest BCUT2D eigenvalue weighted by atomic mass is 16.6. The van der Waals surface area contributed by atoms with Gasteiger partial charge in [-0.2, -0.15) is 5.10 Å². The van der Waals surface area contributed by atoms with Crippen LogP contribution in [0.5, 0.6) is 0 Å². The van der Waals surface area contributed by atoms with Gasteiger partial charge in [0, 0.05) is 31.9 Å². The topological polar surface area (TPSA) is 65.4 Å². The van der Waals surface area contributed by atoms with Gasteiger partial charge in [-0.05, 0) is 53.0 Å². The standard InChI is InChI=1S/C18H29N3O3/c1-18(2,3)24-17(22)15-12-21(14-5-4-8-19-11-14)20-16(15)13-6-9-23-10-7-13/h12-14,19H,4-11H2,1-3H3/t14-/m0/s1. The first-order valence-corrected chi connectivity index (χ1v) is 9.05. The maximum atomic E-state index is 12.7. The molecule has 0 amide bonds. The molecule has 0 aliphatic carbocycles. The van der Waals surface area contributed by atoms with Crippen molar-refractivity contribution in [3.8, 4) is 0 Å². The van der Waals surface area contributed by atoms with E-state index in [0.717, 1.165) is 57.7 Å². The summed E-state index contributed by atoms with van der Waals surface area (Å²) >= 11 is 0. The van der Waals surface area contributed by atoms with Crippen LogP contribution in [0.15, 0.2) is 6.20 Å². The number of hydrogen-bond acceptors (Lipinski definition) is 5. The fraction of sp³-hybridized carbons (Fsp3) is 0.778. The van der Waals surface area contributed by atoms with Crippen molar-refractivity contribution in [2.24, 2.45) is 0 Å². The zero-order chi connectivity index (χ0) is 17.2. The second kappa shape index (κ2) is 7.23. The highest BCUT2D eigenvalue weighted by molar-refractivity contribution is 5.91. The summed E-state index contributed by atoms with van der Waals surface area (Å²) < 4.78 is 13.1. The average molecular weight is 335 g/mol. The fourth-order valence-corrected chi connectivity index (χ4v) is 3.41. The zero-order valence-corrected chi connectivity index (χ0v) is 15.0. The van der Waals surface area contributed by atoms with Gasteiger partial charge in [0.2, 0.25) is 0 Å². The van der Waals surface area contributed by atoms with E-state index < -0.39 is 5.60 Å². The predicted molar refractivity (Wildman–Crippen MR) is 91.3 cm³/mol. The molecule has 0 unspecified atom stereocenters. The van der Waals surface area contributed by atoms with E-state index in [4.69, 9.17) is 14.6 Å². The molecule has 1 N–H and O–H groups in total. The number of aromatic nitrogens is 2. The lowest BCUT2D eigenvalue weighted by Crippen LogP contribution is -2.32. The molecule has 6 heteroatoms. The number of piperidine rings is 1. The molecule has 1 atom stereocenters. The molecule has 2 aliphatic rings. The van der Waals surface area contributed by atoms with Gasteiger partial charge in [0.15, 0.2) is 0 Å². The predicted octanol–water partition coefficient (Wildman–Crippen LogP) is 2.66. The Balaban J connectivity index is 1.88. The fourth-order valence-electron chi connectivity index (χ4n) is 3.41. The smallest absolute Gasteiger partial charge is 0.342 e. The third-order valence-electron chi connectivity index (χ3n) is 4.63. The van der Waals surface area contributed by atoms with Crippen molar-refractivity contribution in [2.75, 3.05) is 26.3 Å². The molecule has 2 saturated heterocycles. The lowest BCUT2D eigenvalue weighted by molar-refractivity contribution is 0.00658. The largest absolute Gasteiger partial charge is 0.456 e. The van der Waals surface area contributed by atoms with Crippen molar-refractivity contribution < 1.29 is 14.3 Å². The minimum absolute atomic E-state index is 0.265. The molecule has 3 heterocycles. The Bertz CT molecular complexity index is 565. The van der Waals surface area contributed by atoms with E-state index >= 15 is 0 Å². The second-order valence-electron chi connectivity index (χ2n) is 7.80. The van der Waals surface area contributed by atoms with Gasteiger partial charge in [-0.1, -0.05) is 0 Å². The summed E-state index contributed by atoms with van der Waals surface area (Å²) in [7, 11) is 0. The molecule has 1 aromatic rings. The van der Waals surface area contributed by atoms with Gasteiger partial charge in [-0.25, -0.2) is 4.79 Å². The third kappa shape index (κ3) is 4.16. The van der Waals surface area contributed by atoms with E-state index in [2.05, 4.69) is 5.32 Å². The first-order valence-electron chi connectivity index (χ1n) is 9.05. The van der Waals surface area contributed by atoms with E-state index in [0.29, 0.717) is 11.6 Å². The second-order valence-corrected chi connectivity index (χ2v) is 7.80. The average Bonchev–Trinajstić information content (AvgIpc) is 3.00. The number of carbonyl (C=O) groups is 1. The maximum absolute atomic E-state index is 12.7. The van der Waals surface area contributed by atoms with Crippen molar-refractivity contribution in [1.82, 2.24) is 15.1 Å². The van der Waals surface area contributed by atoms with Crippen LogP contribution in [0.2, 0.25) is 0 Å². The van der Waals surface area contributed by atoms with Gasteiger partial charge in [0.05, 0.1) is 11.7 Å². The molecule has 0 spiro atoms. The van der Waals surface area contributed by atoms with E-state index in [9.17, 15) is 4.79 Å². The van der Waals surface area contributed by atoms with Crippen LogP contribution in [-0.4, -0.2) is 47.7 Å². The minimum Gasteiger partial charge on any atom is -0.456 e. The summed E-state index contributed by atoms with van der Waals surface area (Å²) in [6, 6.07) is 0.313. The van der Waals surface area contributed by atoms with Crippen LogP contribution in [0, 0.1) is 0 Å². The summed E-state index contributed by atoms with van der Waals surface area (Å²) in [6.07, 6.45) is 5.95. The molecule has 3 rings (SSSR count). The number of hydrogen-bond donors (Lipinski definition) is 1. The molecule has 0 radical (unpaired) electrons. The summed E-state index contributed by atoms with van der Waals surface area (Å²) in [6.45, 7) is 9.12. The van der Waals surface area contributed by atoms with Crippen LogP contribution in [0.3, 0.4) is 0 Å². The molecule has 0 bridgehead atoms. The first kappa shape index (κ1) is 17.4. The van der Waals surface area contributed by atoms with Crippen LogP contribution >= 0.6 is 0 Å². The van der Waals surface area contributed by atoms with Gasteiger partial charge in [0.1, 0.15) is 11.2 Å². The lowest BCUT2D eigenvalue weighted by atomic mass is 9.94. The van der Waals surface area contributed by atoms with Gasteiger partial charge >= 0.3 is 5.97 Å². The van der Waals surface area contributed by atoms with Crippen molar-refractivity contribution in [2.45, 2.75) is 64.0 Å². The molecule has 0 aromatic carbocycles. The number of rotatable bonds is 3. The Morgan fingerprint density at radius 2 is 2.08 bits per heavy atom. The normalized spacial score (nSPS) is 23.2. The van der Waals surface area contributed by atoms with E-state index in [-0.39, 0.29) is 11.9 Å². The van der Waals surface area contributed by atoms with Crippen molar-refractivity contribution in [3.63, 3.8) is 0 Å². The van der Waals surface area contributed by atoms with E-state index in [1.807, 2.05) is 31.6 Å². The quantitative estimate of drug-likeness (QED) is 0.860. The number of carbonyl (C=O) groups excluding carboxylic acids is 1. The number of esters is 1. The van der Waals surface area contributed by atoms with Crippen LogP contribution in [-0.2, 0) is 9.47 Å². The van der Waals surface area contributed by atoms with Crippen LogP contribution < -0.4 is 5.32 Å². The van der Waals surface area contributed by atoms with Gasteiger partial charge in [-0.3, -0.25) is 4.68 Å². The summed E-state index contributed by atoms with van der Waals surface area (Å²) in [5.41, 5.74) is 1.01. The molecule has 134 valence electrons. The van der Waals surface area contributed by atoms with E-state index in [1.54, 1.807) is 0 Å². The van der Waals surface area contributed by atoms with E-state index in [1.165, 1.54) is 0 Å². The summed E-state index contributed by atoms with van der Waals surface area (Å²) in [4.78, 5) is 12.7. The number of ether oxygens (including phenoxy) is 2.